The predicted octanol–water partition coefficient (Wildman–Crippen LogP) is 4.86. The molecule has 0 radical (unpaired) electrons. The van der Waals surface area contributed by atoms with E-state index in [-0.39, 0.29) is 0 Å². The topological polar surface area (TPSA) is 12.0 Å². The van der Waals surface area contributed by atoms with Gasteiger partial charge in [0.05, 0.1) is 0 Å². The summed E-state index contributed by atoms with van der Waals surface area (Å²) >= 11 is 1.96. The van der Waals surface area contributed by atoms with E-state index in [1.54, 1.807) is 0 Å². The van der Waals surface area contributed by atoms with E-state index in [4.69, 9.17) is 0 Å². The molecule has 1 nitrogen and oxygen atoms in total. The van der Waals surface area contributed by atoms with Crippen molar-refractivity contribution in [2.75, 3.05) is 11.1 Å². The maximum Gasteiger partial charge on any atom is 0.0403 e. The molecule has 0 bridgehead atoms. The van der Waals surface area contributed by atoms with E-state index >= 15 is 0 Å². The third-order valence-corrected chi connectivity index (χ3v) is 4.12. The van der Waals surface area contributed by atoms with Gasteiger partial charge in [0.25, 0.3) is 0 Å². The monoisotopic (exact) mass is 271 g/mol. The Kier molecular flexibility index (Phi) is 5.34. The van der Waals surface area contributed by atoms with Gasteiger partial charge in [0.1, 0.15) is 0 Å². The molecule has 19 heavy (non-hydrogen) atoms. The number of hydrogen-bond acceptors (Lipinski definition) is 2. The third-order valence-electron chi connectivity index (χ3n) is 3.17. The second kappa shape index (κ2) is 7.25. The Labute approximate surface area is 120 Å². The van der Waals surface area contributed by atoms with Crippen molar-refractivity contribution >= 4 is 17.4 Å². The molecule has 100 valence electrons. The smallest absolute Gasteiger partial charge is 0.0403 e. The van der Waals surface area contributed by atoms with E-state index in [0.29, 0.717) is 0 Å². The van der Waals surface area contributed by atoms with Gasteiger partial charge in [-0.1, -0.05) is 43.3 Å². The Morgan fingerprint density at radius 2 is 1.74 bits per heavy atom. The van der Waals surface area contributed by atoms with Crippen molar-refractivity contribution in [3.05, 3.63) is 65.2 Å². The van der Waals surface area contributed by atoms with Crippen molar-refractivity contribution < 1.29 is 0 Å². The molecule has 0 fully saturated rings. The normalized spacial score (nSPS) is 10.4. The minimum absolute atomic E-state index is 0.885. The number of aryl methyl sites for hydroxylation is 1. The Morgan fingerprint density at radius 1 is 1.00 bits per heavy atom. The summed E-state index contributed by atoms with van der Waals surface area (Å²) in [5.74, 6) is 2.28. The highest BCUT2D eigenvalue weighted by Gasteiger charge is 1.98. The molecule has 0 saturated carbocycles. The molecule has 2 heteroatoms. The first-order chi connectivity index (χ1) is 9.29. The van der Waals surface area contributed by atoms with Gasteiger partial charge in [-0.15, -0.1) is 0 Å². The van der Waals surface area contributed by atoms with Crippen LogP contribution < -0.4 is 5.32 Å². The maximum absolute atomic E-state index is 3.48. The second-order valence-corrected chi connectivity index (χ2v) is 5.89. The van der Waals surface area contributed by atoms with Crippen LogP contribution in [0.3, 0.4) is 0 Å². The fraction of sp³-hybridized carbons (Fsp3) is 0.294. The Morgan fingerprint density at radius 3 is 2.42 bits per heavy atom. The number of anilines is 1. The molecule has 0 aromatic heterocycles. The molecule has 0 heterocycles. The fourth-order valence-corrected chi connectivity index (χ4v) is 2.58. The Hall–Kier alpha value is -1.41. The summed E-state index contributed by atoms with van der Waals surface area (Å²) in [4.78, 5) is 0. The molecule has 0 aliphatic rings. The van der Waals surface area contributed by atoms with Gasteiger partial charge in [-0.25, -0.2) is 0 Å². The molecule has 0 aliphatic carbocycles. The van der Waals surface area contributed by atoms with Gasteiger partial charge in [-0.05, 0) is 41.5 Å². The summed E-state index contributed by atoms with van der Waals surface area (Å²) in [5.41, 5.74) is 5.28. The highest BCUT2D eigenvalue weighted by molar-refractivity contribution is 7.98. The van der Waals surface area contributed by atoms with Crippen LogP contribution in [-0.2, 0) is 12.3 Å². The lowest BCUT2D eigenvalue weighted by molar-refractivity contribution is 1.12. The van der Waals surface area contributed by atoms with Gasteiger partial charge in [0.15, 0.2) is 0 Å². The molecular formula is C17H21NS. The molecule has 0 unspecified atom stereocenters. The van der Waals surface area contributed by atoms with Crippen LogP contribution in [0, 0.1) is 6.92 Å². The van der Waals surface area contributed by atoms with Crippen LogP contribution in [0.15, 0.2) is 48.5 Å². The van der Waals surface area contributed by atoms with Crippen molar-refractivity contribution in [1.29, 1.82) is 0 Å². The number of nitrogens with one attached hydrogen (secondary N) is 1. The lowest BCUT2D eigenvalue weighted by Crippen LogP contribution is -2.01. The zero-order valence-electron chi connectivity index (χ0n) is 11.6. The summed E-state index contributed by atoms with van der Waals surface area (Å²) in [6.45, 7) is 5.24. The Bertz CT molecular complexity index is 505. The SMILES string of the molecule is CCSCc1ccc(NCc2ccccc2C)cc1. The minimum atomic E-state index is 0.885. The van der Waals surface area contributed by atoms with Gasteiger partial charge in [0.2, 0.25) is 0 Å². The molecular weight excluding hydrogens is 250 g/mol. The molecule has 0 saturated heterocycles. The van der Waals surface area contributed by atoms with Crippen molar-refractivity contribution in [2.24, 2.45) is 0 Å². The first-order valence-electron chi connectivity index (χ1n) is 6.74. The molecule has 0 spiro atoms. The van der Waals surface area contributed by atoms with Crippen LogP contribution in [0.5, 0.6) is 0 Å². The lowest BCUT2D eigenvalue weighted by Gasteiger charge is -2.09. The van der Waals surface area contributed by atoms with Gasteiger partial charge in [-0.2, -0.15) is 11.8 Å². The number of hydrogen-bond donors (Lipinski definition) is 1. The number of thioether (sulfide) groups is 1. The van der Waals surface area contributed by atoms with E-state index in [9.17, 15) is 0 Å². The van der Waals surface area contributed by atoms with Crippen LogP contribution in [0.1, 0.15) is 23.6 Å². The van der Waals surface area contributed by atoms with E-state index in [0.717, 1.165) is 12.3 Å². The van der Waals surface area contributed by atoms with E-state index in [1.165, 1.54) is 28.1 Å². The van der Waals surface area contributed by atoms with Crippen LogP contribution in [-0.4, -0.2) is 5.75 Å². The first kappa shape index (κ1) is 14.0. The van der Waals surface area contributed by atoms with Crippen molar-refractivity contribution in [1.82, 2.24) is 0 Å². The highest BCUT2D eigenvalue weighted by atomic mass is 32.2. The molecule has 2 rings (SSSR count). The van der Waals surface area contributed by atoms with Crippen LogP contribution in [0.2, 0.25) is 0 Å². The lowest BCUT2D eigenvalue weighted by atomic mass is 10.1. The minimum Gasteiger partial charge on any atom is -0.381 e. The van der Waals surface area contributed by atoms with Crippen molar-refractivity contribution in [3.63, 3.8) is 0 Å². The summed E-state index contributed by atoms with van der Waals surface area (Å²) < 4.78 is 0. The average molecular weight is 271 g/mol. The summed E-state index contributed by atoms with van der Waals surface area (Å²) in [6, 6.07) is 17.3. The molecule has 0 amide bonds. The zero-order chi connectivity index (χ0) is 13.5. The van der Waals surface area contributed by atoms with Gasteiger partial charge in [-0.3, -0.25) is 0 Å². The van der Waals surface area contributed by atoms with Crippen LogP contribution in [0.4, 0.5) is 5.69 Å². The van der Waals surface area contributed by atoms with Crippen molar-refractivity contribution in [3.8, 4) is 0 Å². The third kappa shape index (κ3) is 4.32. The van der Waals surface area contributed by atoms with Gasteiger partial charge in [0, 0.05) is 18.0 Å². The quantitative estimate of drug-likeness (QED) is 0.805. The van der Waals surface area contributed by atoms with Gasteiger partial charge >= 0.3 is 0 Å². The molecule has 0 aliphatic heterocycles. The highest BCUT2D eigenvalue weighted by Crippen LogP contribution is 2.16. The number of rotatable bonds is 6. The van der Waals surface area contributed by atoms with Crippen molar-refractivity contribution in [2.45, 2.75) is 26.1 Å². The molecule has 0 atom stereocenters. The van der Waals surface area contributed by atoms with Crippen LogP contribution >= 0.6 is 11.8 Å². The summed E-state index contributed by atoms with van der Waals surface area (Å²) in [5, 5.41) is 3.48. The second-order valence-electron chi connectivity index (χ2n) is 4.61. The predicted molar refractivity (Wildman–Crippen MR) is 86.8 cm³/mol. The Balaban J connectivity index is 1.91. The summed E-state index contributed by atoms with van der Waals surface area (Å²) in [7, 11) is 0. The number of benzene rings is 2. The molecule has 2 aromatic carbocycles. The fourth-order valence-electron chi connectivity index (χ4n) is 1.94. The zero-order valence-corrected chi connectivity index (χ0v) is 12.5. The molecule has 1 N–H and O–H groups in total. The largest absolute Gasteiger partial charge is 0.381 e. The van der Waals surface area contributed by atoms with Gasteiger partial charge < -0.3 is 5.32 Å². The standard InChI is InChI=1S/C17H21NS/c1-3-19-13-15-8-10-17(11-9-15)18-12-16-7-5-4-6-14(16)2/h4-11,18H,3,12-13H2,1-2H3. The van der Waals surface area contributed by atoms with E-state index < -0.39 is 0 Å². The average Bonchev–Trinajstić information content (AvgIpc) is 2.45. The molecule has 2 aromatic rings. The van der Waals surface area contributed by atoms with E-state index in [2.05, 4.69) is 67.7 Å². The first-order valence-corrected chi connectivity index (χ1v) is 7.90. The maximum atomic E-state index is 3.48. The van der Waals surface area contributed by atoms with Crippen LogP contribution in [0.25, 0.3) is 0 Å². The van der Waals surface area contributed by atoms with E-state index in [1.807, 2.05) is 11.8 Å². The summed E-state index contributed by atoms with van der Waals surface area (Å²) in [6.07, 6.45) is 0.